The van der Waals surface area contributed by atoms with Gasteiger partial charge in [0.25, 0.3) is 0 Å². The molecule has 0 aliphatic carbocycles. The highest BCUT2D eigenvalue weighted by Crippen LogP contribution is 2.38. The van der Waals surface area contributed by atoms with Crippen LogP contribution in [0.25, 0.3) is 0 Å². The van der Waals surface area contributed by atoms with Gasteiger partial charge in [0.15, 0.2) is 5.13 Å². The van der Waals surface area contributed by atoms with Gasteiger partial charge in [0, 0.05) is 24.0 Å². The van der Waals surface area contributed by atoms with Gasteiger partial charge < -0.3 is 14.2 Å². The minimum atomic E-state index is -3.12. The van der Waals surface area contributed by atoms with Crippen molar-refractivity contribution in [2.24, 2.45) is 0 Å². The Morgan fingerprint density at radius 1 is 1.25 bits per heavy atom. The van der Waals surface area contributed by atoms with E-state index in [-0.39, 0.29) is 9.73 Å². The normalized spacial score (nSPS) is 40.6. The molecular weight excluding hydrogens is 339 g/mol. The van der Waals surface area contributed by atoms with Gasteiger partial charge in [0.05, 0.1) is 16.0 Å². The van der Waals surface area contributed by atoms with Crippen LogP contribution in [-0.4, -0.2) is 36.3 Å². The molecule has 0 amide bonds. The highest BCUT2D eigenvalue weighted by Gasteiger charge is 2.53. The molecule has 1 aromatic rings. The summed E-state index contributed by atoms with van der Waals surface area (Å²) in [6.45, 7) is 1.50. The summed E-state index contributed by atoms with van der Waals surface area (Å²) in [5, 5.41) is -0.211. The van der Waals surface area contributed by atoms with Gasteiger partial charge in [0.2, 0.25) is 0 Å². The monoisotopic (exact) mass is 366 g/mol. The number of anilines is 1. The summed E-state index contributed by atoms with van der Waals surface area (Å²) in [7, 11) is -0.835. The molecule has 4 nitrogen and oxygen atoms in total. The molecule has 2 saturated heterocycles. The number of rotatable bonds is 2. The lowest BCUT2D eigenvalue weighted by Crippen LogP contribution is -2.41. The van der Waals surface area contributed by atoms with Crippen LogP contribution in [0.5, 0.6) is 0 Å². The molecule has 1 aromatic heterocycles. The number of aromatic nitrogens is 1. The van der Waals surface area contributed by atoms with Crippen LogP contribution in [0, 0.1) is 0 Å². The summed E-state index contributed by atoms with van der Waals surface area (Å²) in [4.78, 5) is 4.58. The number of hydrogen-bond donors (Lipinski definition) is 0. The summed E-state index contributed by atoms with van der Waals surface area (Å²) >= 11 is 4.13. The second-order valence-electron chi connectivity index (χ2n) is 5.55. The van der Waals surface area contributed by atoms with Crippen molar-refractivity contribution < 1.29 is 20.3 Å². The number of thiazole rings is 1. The molecule has 0 N–H and O–H groups in total. The standard InChI is InChI=1S/C13H20BBrN2O2S/c1-12(2)13(3,4)19-14(18-12)9-10(15)16-11(20-9)17-7-5-6-8-17/h5-8H2,1-4H3/i5D2,6D2,7D2,8D2. The van der Waals surface area contributed by atoms with Gasteiger partial charge in [-0.05, 0) is 56.4 Å². The smallest absolute Gasteiger partial charge is 0.399 e. The van der Waals surface area contributed by atoms with E-state index in [0.717, 1.165) is 11.3 Å². The van der Waals surface area contributed by atoms with Crippen molar-refractivity contribution >= 4 is 44.3 Å². The second kappa shape index (κ2) is 4.97. The summed E-state index contributed by atoms with van der Waals surface area (Å²) in [6.07, 6.45) is -6.24. The zero-order valence-corrected chi connectivity index (χ0v) is 14.0. The summed E-state index contributed by atoms with van der Waals surface area (Å²) < 4.78 is 76.8. The van der Waals surface area contributed by atoms with Crippen LogP contribution in [0.1, 0.15) is 51.4 Å². The van der Waals surface area contributed by atoms with Crippen LogP contribution in [0.4, 0.5) is 5.13 Å². The van der Waals surface area contributed by atoms with Gasteiger partial charge in [-0.3, -0.25) is 0 Å². The van der Waals surface area contributed by atoms with E-state index in [9.17, 15) is 0 Å². The molecule has 110 valence electrons. The molecule has 3 rings (SSSR count). The van der Waals surface area contributed by atoms with E-state index in [0.29, 0.717) is 9.68 Å². The van der Waals surface area contributed by atoms with Crippen molar-refractivity contribution in [2.45, 2.75) is 51.6 Å². The van der Waals surface area contributed by atoms with Crippen LogP contribution in [0.3, 0.4) is 0 Å². The largest absolute Gasteiger partial charge is 0.508 e. The third kappa shape index (κ3) is 2.43. The predicted molar refractivity (Wildman–Crippen MR) is 87.0 cm³/mol. The van der Waals surface area contributed by atoms with Gasteiger partial charge in [-0.25, -0.2) is 4.98 Å². The number of halogens is 1. The highest BCUT2D eigenvalue weighted by atomic mass is 79.9. The average molecular weight is 367 g/mol. The fraction of sp³-hybridized carbons (Fsp3) is 0.769. The van der Waals surface area contributed by atoms with Crippen molar-refractivity contribution in [3.05, 3.63) is 4.60 Å². The molecule has 0 aromatic carbocycles. The van der Waals surface area contributed by atoms with E-state index in [4.69, 9.17) is 20.3 Å². The van der Waals surface area contributed by atoms with E-state index < -0.39 is 44.1 Å². The SMILES string of the molecule is [2H]C1([2H])N(c2nc(Br)c(B3OC(C)(C)C(C)(C)O3)s2)C([2H])([2H])C([2H])([2H])C1([2H])[2H]. The summed E-state index contributed by atoms with van der Waals surface area (Å²) in [6, 6.07) is 0. The third-order valence-corrected chi connectivity index (χ3v) is 5.58. The predicted octanol–water partition coefficient (Wildman–Crippen LogP) is 2.81. The fourth-order valence-electron chi connectivity index (χ4n) is 1.78. The van der Waals surface area contributed by atoms with Crippen molar-refractivity contribution in [1.29, 1.82) is 0 Å². The fourth-order valence-corrected chi connectivity index (χ4v) is 3.34. The maximum Gasteiger partial charge on any atom is 0.508 e. The first-order valence-electron chi connectivity index (χ1n) is 10.1. The first-order chi connectivity index (χ1) is 12.3. The molecule has 0 atom stereocenters. The van der Waals surface area contributed by atoms with E-state index in [2.05, 4.69) is 20.9 Å². The Bertz CT molecular complexity index is 776. The topological polar surface area (TPSA) is 34.6 Å². The molecule has 0 saturated carbocycles. The minimum Gasteiger partial charge on any atom is -0.399 e. The van der Waals surface area contributed by atoms with E-state index in [1.54, 1.807) is 0 Å². The van der Waals surface area contributed by atoms with Crippen LogP contribution in [-0.2, 0) is 9.31 Å². The van der Waals surface area contributed by atoms with Gasteiger partial charge in [-0.1, -0.05) is 0 Å². The molecule has 0 unspecified atom stereocenters. The van der Waals surface area contributed by atoms with Gasteiger partial charge in [-0.15, -0.1) is 11.3 Å². The maximum atomic E-state index is 8.14. The number of nitrogens with zero attached hydrogens (tertiary/aromatic N) is 2. The van der Waals surface area contributed by atoms with E-state index in [1.807, 2.05) is 27.7 Å². The van der Waals surface area contributed by atoms with Crippen molar-refractivity contribution in [3.63, 3.8) is 0 Å². The van der Waals surface area contributed by atoms with E-state index in [1.165, 1.54) is 0 Å². The van der Waals surface area contributed by atoms with Crippen LogP contribution in [0.15, 0.2) is 4.60 Å². The molecule has 20 heavy (non-hydrogen) atoms. The second-order valence-corrected chi connectivity index (χ2v) is 7.31. The Kier molecular flexibility index (Phi) is 1.97. The zero-order valence-electron chi connectivity index (χ0n) is 19.6. The molecule has 2 aliphatic rings. The van der Waals surface area contributed by atoms with E-state index >= 15 is 0 Å². The number of hydrogen-bond acceptors (Lipinski definition) is 5. The Morgan fingerprint density at radius 3 is 2.35 bits per heavy atom. The lowest BCUT2D eigenvalue weighted by molar-refractivity contribution is 0.00578. The van der Waals surface area contributed by atoms with Crippen LogP contribution >= 0.6 is 27.3 Å². The Balaban J connectivity index is 2.07. The Hall–Kier alpha value is -0.105. The first kappa shape index (κ1) is 7.95. The quantitative estimate of drug-likeness (QED) is 0.754. The molecule has 2 fully saturated rings. The highest BCUT2D eigenvalue weighted by molar-refractivity contribution is 9.10. The molecule has 7 heteroatoms. The van der Waals surface area contributed by atoms with Crippen molar-refractivity contribution in [1.82, 2.24) is 4.98 Å². The Labute approximate surface area is 144 Å². The van der Waals surface area contributed by atoms with Crippen LogP contribution < -0.4 is 9.68 Å². The lowest BCUT2D eigenvalue weighted by atomic mass is 9.89. The molecule has 0 bridgehead atoms. The molecule has 2 aliphatic heterocycles. The minimum absolute atomic E-state index is 0.211. The molecule has 3 heterocycles. The zero-order chi connectivity index (χ0) is 21.7. The average Bonchev–Trinajstić information content (AvgIpc) is 2.96. The third-order valence-electron chi connectivity index (χ3n) is 3.65. The molecular formula is C13H20BBrN2O2S. The van der Waals surface area contributed by atoms with Gasteiger partial charge in [0.1, 0.15) is 4.60 Å². The summed E-state index contributed by atoms with van der Waals surface area (Å²) in [5.74, 6) is 0. The van der Waals surface area contributed by atoms with Crippen molar-refractivity contribution in [3.8, 4) is 0 Å². The first-order valence-corrected chi connectivity index (χ1v) is 7.74. The van der Waals surface area contributed by atoms with Crippen LogP contribution in [0.2, 0.25) is 0 Å². The van der Waals surface area contributed by atoms with Gasteiger partial charge in [-0.2, -0.15) is 0 Å². The maximum absolute atomic E-state index is 8.14. The Morgan fingerprint density at radius 2 is 1.80 bits per heavy atom. The van der Waals surface area contributed by atoms with Gasteiger partial charge >= 0.3 is 7.12 Å². The van der Waals surface area contributed by atoms with Crippen molar-refractivity contribution in [2.75, 3.05) is 17.9 Å². The molecule has 0 spiro atoms. The lowest BCUT2D eigenvalue weighted by Gasteiger charge is -2.32. The summed E-state index contributed by atoms with van der Waals surface area (Å²) in [5.41, 5.74) is -1.26. The molecule has 0 radical (unpaired) electrons.